The first-order valence-electron chi connectivity index (χ1n) is 8.81. The van der Waals surface area contributed by atoms with Crippen LogP contribution in [0.15, 0.2) is 36.4 Å². The second kappa shape index (κ2) is 9.39. The maximum Gasteiger partial charge on any atom is 0.327 e. The third-order valence-electron chi connectivity index (χ3n) is 4.69. The molecule has 1 aliphatic carbocycles. The van der Waals surface area contributed by atoms with Gasteiger partial charge in [0.05, 0.1) is 6.61 Å². The highest BCUT2D eigenvalue weighted by Crippen LogP contribution is 2.37. The summed E-state index contributed by atoms with van der Waals surface area (Å²) in [5.41, 5.74) is 1.41. The minimum Gasteiger partial charge on any atom is -0.494 e. The van der Waals surface area contributed by atoms with Gasteiger partial charge in [0, 0.05) is 6.08 Å². The highest BCUT2D eigenvalue weighted by Gasteiger charge is 2.21. The highest BCUT2D eigenvalue weighted by atomic mass is 16.5. The molecule has 3 heteroatoms. The number of aliphatic carboxylic acids is 1. The monoisotopic (exact) mass is 316 g/mol. The van der Waals surface area contributed by atoms with E-state index in [-0.39, 0.29) is 0 Å². The predicted molar refractivity (Wildman–Crippen MR) is 92.9 cm³/mol. The topological polar surface area (TPSA) is 46.5 Å². The smallest absolute Gasteiger partial charge is 0.327 e. The Balaban J connectivity index is 1.77. The molecule has 23 heavy (non-hydrogen) atoms. The van der Waals surface area contributed by atoms with Crippen LogP contribution in [0.1, 0.15) is 63.4 Å². The van der Waals surface area contributed by atoms with Crippen molar-refractivity contribution in [3.8, 4) is 5.75 Å². The molecule has 1 aromatic carbocycles. The van der Waals surface area contributed by atoms with Crippen molar-refractivity contribution in [1.29, 1.82) is 0 Å². The summed E-state index contributed by atoms with van der Waals surface area (Å²) in [5, 5.41) is 8.63. The molecule has 0 aliphatic heterocycles. The Bertz CT molecular complexity index is 496. The number of rotatable bonds is 8. The van der Waals surface area contributed by atoms with Crippen LogP contribution in [0.4, 0.5) is 0 Å². The van der Waals surface area contributed by atoms with Crippen molar-refractivity contribution in [1.82, 2.24) is 0 Å². The van der Waals surface area contributed by atoms with Crippen molar-refractivity contribution in [3.05, 3.63) is 42.0 Å². The molecule has 0 saturated heterocycles. The van der Waals surface area contributed by atoms with E-state index in [1.54, 1.807) is 6.08 Å². The van der Waals surface area contributed by atoms with E-state index in [4.69, 9.17) is 9.84 Å². The second-order valence-electron chi connectivity index (χ2n) is 6.47. The van der Waals surface area contributed by atoms with Gasteiger partial charge in [0.2, 0.25) is 0 Å². The molecule has 126 valence electrons. The van der Waals surface area contributed by atoms with Gasteiger partial charge >= 0.3 is 5.97 Å². The van der Waals surface area contributed by atoms with Gasteiger partial charge < -0.3 is 9.84 Å². The van der Waals surface area contributed by atoms with Crippen molar-refractivity contribution in [2.24, 2.45) is 5.92 Å². The first-order chi connectivity index (χ1) is 11.2. The third-order valence-corrected chi connectivity index (χ3v) is 4.69. The molecule has 1 saturated carbocycles. The van der Waals surface area contributed by atoms with E-state index in [9.17, 15) is 4.79 Å². The van der Waals surface area contributed by atoms with Crippen LogP contribution in [-0.2, 0) is 4.79 Å². The van der Waals surface area contributed by atoms with E-state index < -0.39 is 5.97 Å². The lowest BCUT2D eigenvalue weighted by Crippen LogP contribution is -2.13. The Kier molecular flexibility index (Phi) is 7.18. The van der Waals surface area contributed by atoms with Gasteiger partial charge in [-0.05, 0) is 68.1 Å². The molecule has 3 nitrogen and oxygen atoms in total. The van der Waals surface area contributed by atoms with Crippen LogP contribution in [-0.4, -0.2) is 17.7 Å². The molecule has 1 aromatic rings. The van der Waals surface area contributed by atoms with E-state index in [1.807, 2.05) is 0 Å². The molecule has 0 spiro atoms. The van der Waals surface area contributed by atoms with Crippen molar-refractivity contribution >= 4 is 5.97 Å². The standard InChI is InChI=1S/C20H28O3/c1-2-3-15-23-19-13-11-18(12-14-19)17-9-7-16(8-10-17)5-4-6-20(21)22/h4,6,11-14,16-17H,2-3,5,7-10,15H2,1H3,(H,21,22)/b6-4+. The number of ether oxygens (including phenoxy) is 1. The molecule has 0 radical (unpaired) electrons. The number of hydrogen-bond donors (Lipinski definition) is 1. The lowest BCUT2D eigenvalue weighted by atomic mass is 9.77. The molecule has 0 heterocycles. The molecule has 1 aliphatic rings. The maximum absolute atomic E-state index is 10.5. The fourth-order valence-electron chi connectivity index (χ4n) is 3.26. The number of unbranched alkanes of at least 4 members (excludes halogenated alkanes) is 1. The van der Waals surface area contributed by atoms with Gasteiger partial charge in [0.1, 0.15) is 5.75 Å². The zero-order chi connectivity index (χ0) is 16.5. The number of carboxylic acids is 1. The molecular formula is C20H28O3. The molecule has 0 amide bonds. The molecule has 2 rings (SSSR count). The Hall–Kier alpha value is -1.77. The fourth-order valence-corrected chi connectivity index (χ4v) is 3.26. The largest absolute Gasteiger partial charge is 0.494 e. The normalized spacial score (nSPS) is 21.4. The highest BCUT2D eigenvalue weighted by molar-refractivity contribution is 5.79. The summed E-state index contributed by atoms with van der Waals surface area (Å²) in [7, 11) is 0. The van der Waals surface area contributed by atoms with Gasteiger partial charge in [0.15, 0.2) is 0 Å². The van der Waals surface area contributed by atoms with E-state index >= 15 is 0 Å². The van der Waals surface area contributed by atoms with Crippen LogP contribution in [0.25, 0.3) is 0 Å². The van der Waals surface area contributed by atoms with Crippen molar-refractivity contribution in [3.63, 3.8) is 0 Å². The molecule has 0 unspecified atom stereocenters. The van der Waals surface area contributed by atoms with Crippen LogP contribution in [0.3, 0.4) is 0 Å². The third kappa shape index (κ3) is 6.09. The van der Waals surface area contributed by atoms with Crippen LogP contribution < -0.4 is 4.74 Å². The summed E-state index contributed by atoms with van der Waals surface area (Å²) in [6, 6.07) is 8.59. The number of carboxylic acid groups (broad SMARTS) is 1. The van der Waals surface area contributed by atoms with E-state index in [2.05, 4.69) is 31.2 Å². The van der Waals surface area contributed by atoms with Gasteiger partial charge in [0.25, 0.3) is 0 Å². The molecule has 0 aromatic heterocycles. The first kappa shape index (κ1) is 17.6. The average molecular weight is 316 g/mol. The van der Waals surface area contributed by atoms with Crippen LogP contribution >= 0.6 is 0 Å². The Morgan fingerprint density at radius 1 is 1.22 bits per heavy atom. The van der Waals surface area contributed by atoms with Crippen molar-refractivity contribution in [2.45, 2.75) is 57.8 Å². The van der Waals surface area contributed by atoms with E-state index in [1.165, 1.54) is 37.3 Å². The Morgan fingerprint density at radius 3 is 2.52 bits per heavy atom. The lowest BCUT2D eigenvalue weighted by molar-refractivity contribution is -0.131. The van der Waals surface area contributed by atoms with E-state index in [0.717, 1.165) is 31.6 Å². The van der Waals surface area contributed by atoms with E-state index in [0.29, 0.717) is 11.8 Å². The Morgan fingerprint density at radius 2 is 1.91 bits per heavy atom. The van der Waals surface area contributed by atoms with Crippen LogP contribution in [0, 0.1) is 5.92 Å². The minimum absolute atomic E-state index is 0.638. The van der Waals surface area contributed by atoms with Gasteiger partial charge in [-0.3, -0.25) is 0 Å². The summed E-state index contributed by atoms with van der Waals surface area (Å²) >= 11 is 0. The zero-order valence-electron chi connectivity index (χ0n) is 14.0. The average Bonchev–Trinajstić information content (AvgIpc) is 2.56. The molecule has 1 N–H and O–H groups in total. The number of allylic oxidation sites excluding steroid dienone is 1. The van der Waals surface area contributed by atoms with Gasteiger partial charge in [-0.25, -0.2) is 4.79 Å². The number of hydrogen-bond acceptors (Lipinski definition) is 2. The van der Waals surface area contributed by atoms with Crippen LogP contribution in [0.5, 0.6) is 5.75 Å². The zero-order valence-corrected chi connectivity index (χ0v) is 14.0. The van der Waals surface area contributed by atoms with Gasteiger partial charge in [-0.15, -0.1) is 0 Å². The second-order valence-corrected chi connectivity index (χ2v) is 6.47. The first-order valence-corrected chi connectivity index (χ1v) is 8.81. The molecule has 0 atom stereocenters. The molecular weight excluding hydrogens is 288 g/mol. The van der Waals surface area contributed by atoms with Crippen LogP contribution in [0.2, 0.25) is 0 Å². The predicted octanol–water partition coefficient (Wildman–Crippen LogP) is 5.17. The molecule has 0 bridgehead atoms. The minimum atomic E-state index is -0.847. The van der Waals surface area contributed by atoms with Gasteiger partial charge in [-0.1, -0.05) is 31.6 Å². The Labute approximate surface area is 139 Å². The summed E-state index contributed by atoms with van der Waals surface area (Å²) in [5.74, 6) is 1.40. The van der Waals surface area contributed by atoms with Crippen molar-refractivity contribution < 1.29 is 14.6 Å². The number of benzene rings is 1. The maximum atomic E-state index is 10.5. The van der Waals surface area contributed by atoms with Gasteiger partial charge in [-0.2, -0.15) is 0 Å². The fraction of sp³-hybridized carbons (Fsp3) is 0.550. The van der Waals surface area contributed by atoms with Crippen molar-refractivity contribution in [2.75, 3.05) is 6.61 Å². The SMILES string of the molecule is CCCCOc1ccc(C2CCC(C/C=C/C(=O)O)CC2)cc1. The lowest BCUT2D eigenvalue weighted by Gasteiger charge is -2.28. The quantitative estimate of drug-likeness (QED) is 0.531. The number of carbonyl (C=O) groups is 1. The summed E-state index contributed by atoms with van der Waals surface area (Å²) in [6.07, 6.45) is 11.0. The summed E-state index contributed by atoms with van der Waals surface area (Å²) in [6.45, 7) is 2.96. The molecule has 1 fully saturated rings. The summed E-state index contributed by atoms with van der Waals surface area (Å²) < 4.78 is 5.71. The summed E-state index contributed by atoms with van der Waals surface area (Å²) in [4.78, 5) is 10.5.